The average Bonchev–Trinajstić information content (AvgIpc) is 2.85. The molecule has 0 fully saturated rings. The summed E-state index contributed by atoms with van der Waals surface area (Å²) < 4.78 is 18.6. The van der Waals surface area contributed by atoms with Gasteiger partial charge < -0.3 is 16.0 Å². The average molecular weight is 284 g/mol. The van der Waals surface area contributed by atoms with Gasteiger partial charge in [0.25, 0.3) is 5.89 Å². The van der Waals surface area contributed by atoms with E-state index in [2.05, 4.69) is 10.1 Å². The second-order valence-corrected chi connectivity index (χ2v) is 4.83. The third kappa shape index (κ3) is 2.69. The molecule has 0 aliphatic heterocycles. The summed E-state index contributed by atoms with van der Waals surface area (Å²) in [6.07, 6.45) is 0. The highest BCUT2D eigenvalue weighted by molar-refractivity contribution is 5.68. The van der Waals surface area contributed by atoms with Crippen molar-refractivity contribution in [3.63, 3.8) is 0 Å². The Bertz CT molecular complexity index is 707. The monoisotopic (exact) mass is 284 g/mol. The van der Waals surface area contributed by atoms with E-state index in [1.807, 2.05) is 0 Å². The highest BCUT2D eigenvalue weighted by Gasteiger charge is 2.12. The number of nitrogens with zero attached hydrogens (tertiary/aromatic N) is 2. The molecule has 0 radical (unpaired) electrons. The lowest BCUT2D eigenvalue weighted by Crippen LogP contribution is -1.91. The Hall–Kier alpha value is -2.89. The minimum atomic E-state index is -0.343. The molecule has 0 spiro atoms. The van der Waals surface area contributed by atoms with Gasteiger partial charge in [-0.15, -0.1) is 0 Å². The molecule has 3 rings (SSSR count). The molecule has 1 aromatic heterocycles. The molecule has 21 heavy (non-hydrogen) atoms. The quantitative estimate of drug-likeness (QED) is 0.706. The van der Waals surface area contributed by atoms with Gasteiger partial charge in [0.1, 0.15) is 5.82 Å². The minimum Gasteiger partial charge on any atom is -0.399 e. The summed E-state index contributed by atoms with van der Waals surface area (Å²) in [5.74, 6) is 0.254. The largest absolute Gasteiger partial charge is 0.399 e. The topological polar surface area (TPSA) is 91.0 Å². The van der Waals surface area contributed by atoms with Crippen LogP contribution in [0.1, 0.15) is 5.56 Å². The van der Waals surface area contributed by atoms with Crippen molar-refractivity contribution < 1.29 is 8.91 Å². The van der Waals surface area contributed by atoms with Crippen LogP contribution in [0, 0.1) is 12.7 Å². The Labute approximate surface area is 120 Å². The van der Waals surface area contributed by atoms with Gasteiger partial charge in [-0.05, 0) is 48.9 Å². The van der Waals surface area contributed by atoms with Crippen molar-refractivity contribution in [3.05, 3.63) is 47.8 Å². The van der Waals surface area contributed by atoms with Crippen LogP contribution in [0.3, 0.4) is 0 Å². The highest BCUT2D eigenvalue weighted by Crippen LogP contribution is 2.26. The molecule has 3 aromatic rings. The van der Waals surface area contributed by atoms with Crippen molar-refractivity contribution in [3.8, 4) is 22.8 Å². The van der Waals surface area contributed by atoms with Crippen LogP contribution in [0.2, 0.25) is 0 Å². The molecule has 0 aliphatic carbocycles. The zero-order valence-corrected chi connectivity index (χ0v) is 11.3. The highest BCUT2D eigenvalue weighted by atomic mass is 19.1. The number of hydrogen-bond donors (Lipinski definition) is 2. The normalized spacial score (nSPS) is 10.8. The van der Waals surface area contributed by atoms with Gasteiger partial charge in [-0.25, -0.2) is 4.39 Å². The second-order valence-electron chi connectivity index (χ2n) is 4.83. The van der Waals surface area contributed by atoms with E-state index in [0.717, 1.165) is 5.56 Å². The molecule has 106 valence electrons. The summed E-state index contributed by atoms with van der Waals surface area (Å²) in [7, 11) is 0. The fourth-order valence-electron chi connectivity index (χ4n) is 2.12. The predicted molar refractivity (Wildman–Crippen MR) is 78.7 cm³/mol. The Balaban J connectivity index is 2.03. The van der Waals surface area contributed by atoms with Gasteiger partial charge in [0.2, 0.25) is 5.82 Å². The van der Waals surface area contributed by atoms with Crippen LogP contribution >= 0.6 is 0 Å². The van der Waals surface area contributed by atoms with E-state index in [-0.39, 0.29) is 11.7 Å². The van der Waals surface area contributed by atoms with Gasteiger partial charge in [-0.1, -0.05) is 5.16 Å². The molecule has 0 unspecified atom stereocenters. The molecule has 0 amide bonds. The maximum atomic E-state index is 13.4. The van der Waals surface area contributed by atoms with E-state index in [9.17, 15) is 4.39 Å². The first-order chi connectivity index (χ1) is 10.0. The first-order valence-electron chi connectivity index (χ1n) is 6.29. The fourth-order valence-corrected chi connectivity index (χ4v) is 2.12. The first-order valence-corrected chi connectivity index (χ1v) is 6.29. The summed E-state index contributed by atoms with van der Waals surface area (Å²) in [5, 5.41) is 3.87. The van der Waals surface area contributed by atoms with Crippen molar-refractivity contribution >= 4 is 11.4 Å². The molecule has 0 bridgehead atoms. The molecule has 0 saturated heterocycles. The smallest absolute Gasteiger partial charge is 0.258 e. The number of nitrogen functional groups attached to an aromatic ring is 2. The van der Waals surface area contributed by atoms with E-state index in [1.165, 1.54) is 12.1 Å². The number of anilines is 2. The van der Waals surface area contributed by atoms with E-state index in [0.29, 0.717) is 28.3 Å². The van der Waals surface area contributed by atoms with Crippen LogP contribution in [0.5, 0.6) is 0 Å². The Kier molecular flexibility index (Phi) is 3.06. The third-order valence-corrected chi connectivity index (χ3v) is 2.95. The Morgan fingerprint density at radius 1 is 0.952 bits per heavy atom. The van der Waals surface area contributed by atoms with Crippen LogP contribution in [0.25, 0.3) is 22.8 Å². The molecule has 4 N–H and O–H groups in total. The molecular weight excluding hydrogens is 271 g/mol. The molecule has 0 atom stereocenters. The Morgan fingerprint density at radius 2 is 1.67 bits per heavy atom. The number of hydrogen-bond acceptors (Lipinski definition) is 5. The van der Waals surface area contributed by atoms with Crippen molar-refractivity contribution in [2.24, 2.45) is 0 Å². The Morgan fingerprint density at radius 3 is 2.33 bits per heavy atom. The number of benzene rings is 2. The van der Waals surface area contributed by atoms with Crippen molar-refractivity contribution in [1.82, 2.24) is 10.1 Å². The summed E-state index contributed by atoms with van der Waals surface area (Å²) in [4.78, 5) is 4.26. The summed E-state index contributed by atoms with van der Waals surface area (Å²) in [6, 6.07) is 9.58. The van der Waals surface area contributed by atoms with E-state index in [4.69, 9.17) is 16.0 Å². The van der Waals surface area contributed by atoms with Crippen LogP contribution in [-0.4, -0.2) is 10.1 Å². The third-order valence-electron chi connectivity index (χ3n) is 2.95. The second kappa shape index (κ2) is 4.90. The van der Waals surface area contributed by atoms with E-state index in [1.54, 1.807) is 31.2 Å². The van der Waals surface area contributed by atoms with Gasteiger partial charge in [0.15, 0.2) is 0 Å². The maximum Gasteiger partial charge on any atom is 0.258 e. The summed E-state index contributed by atoms with van der Waals surface area (Å²) >= 11 is 0. The van der Waals surface area contributed by atoms with E-state index >= 15 is 0 Å². The molecule has 6 heteroatoms. The molecular formula is C15H13FN4O. The van der Waals surface area contributed by atoms with Crippen LogP contribution in [0.4, 0.5) is 15.8 Å². The van der Waals surface area contributed by atoms with Gasteiger partial charge in [0, 0.05) is 22.5 Å². The van der Waals surface area contributed by atoms with Crippen molar-refractivity contribution in [1.29, 1.82) is 0 Å². The lowest BCUT2D eigenvalue weighted by atomic mass is 10.1. The van der Waals surface area contributed by atoms with Crippen LogP contribution in [-0.2, 0) is 0 Å². The molecule has 5 nitrogen and oxygen atoms in total. The van der Waals surface area contributed by atoms with Crippen molar-refractivity contribution in [2.45, 2.75) is 6.92 Å². The van der Waals surface area contributed by atoms with Gasteiger partial charge in [0.05, 0.1) is 0 Å². The van der Waals surface area contributed by atoms with Crippen molar-refractivity contribution in [2.75, 3.05) is 11.5 Å². The number of nitrogens with two attached hydrogens (primary N) is 2. The molecule has 0 aliphatic rings. The number of rotatable bonds is 2. The molecule has 2 aromatic carbocycles. The molecule has 0 saturated carbocycles. The zero-order valence-electron chi connectivity index (χ0n) is 11.3. The fraction of sp³-hybridized carbons (Fsp3) is 0.0667. The first kappa shape index (κ1) is 13.1. The molecule has 1 heterocycles. The van der Waals surface area contributed by atoms with Crippen LogP contribution in [0.15, 0.2) is 40.9 Å². The van der Waals surface area contributed by atoms with Gasteiger partial charge in [-0.3, -0.25) is 0 Å². The number of aryl methyl sites for hydroxylation is 1. The predicted octanol–water partition coefficient (Wildman–Crippen LogP) is 3.02. The number of aromatic nitrogens is 2. The zero-order chi connectivity index (χ0) is 15.0. The van der Waals surface area contributed by atoms with Gasteiger partial charge in [-0.2, -0.15) is 4.98 Å². The lowest BCUT2D eigenvalue weighted by molar-refractivity contribution is 0.432. The summed E-state index contributed by atoms with van der Waals surface area (Å²) in [5.41, 5.74) is 14.4. The van der Waals surface area contributed by atoms with Gasteiger partial charge >= 0.3 is 0 Å². The standard InChI is InChI=1S/C15H13FN4O/c1-8-2-9(4-11(16)3-8)14-19-15(21-20-14)10-5-12(17)7-13(18)6-10/h2-7H,17-18H2,1H3. The lowest BCUT2D eigenvalue weighted by Gasteiger charge is -2.00. The maximum absolute atomic E-state index is 13.4. The number of halogens is 1. The van der Waals surface area contributed by atoms with Crippen LogP contribution < -0.4 is 11.5 Å². The minimum absolute atomic E-state index is 0.283. The SMILES string of the molecule is Cc1cc(F)cc(-c2noc(-c3cc(N)cc(N)c3)n2)c1. The summed E-state index contributed by atoms with van der Waals surface area (Å²) in [6.45, 7) is 1.80. The van der Waals surface area contributed by atoms with E-state index < -0.39 is 0 Å².